The first-order valence-corrected chi connectivity index (χ1v) is 16.6. The summed E-state index contributed by atoms with van der Waals surface area (Å²) >= 11 is 0. The lowest BCUT2D eigenvalue weighted by atomic mass is 9.96. The average Bonchev–Trinajstić information content (AvgIpc) is 3.19. The number of pyridine rings is 5. The van der Waals surface area contributed by atoms with Crippen molar-refractivity contribution in [1.29, 1.82) is 0 Å². The Morgan fingerprint density at radius 3 is 1.82 bits per heavy atom. The summed E-state index contributed by atoms with van der Waals surface area (Å²) in [4.78, 5) is 23.6. The van der Waals surface area contributed by atoms with Crippen LogP contribution in [0.25, 0.3) is 99.2 Å². The van der Waals surface area contributed by atoms with Crippen molar-refractivity contribution < 1.29 is 0 Å². The van der Waals surface area contributed by atoms with Crippen LogP contribution in [0.3, 0.4) is 0 Å². The zero-order valence-electron chi connectivity index (χ0n) is 26.8. The first kappa shape index (κ1) is 28.2. The van der Waals surface area contributed by atoms with Crippen LogP contribution < -0.4 is 0 Å². The van der Waals surface area contributed by atoms with Crippen molar-refractivity contribution in [3.63, 3.8) is 0 Å². The molecule has 232 valence electrons. The highest BCUT2D eigenvalue weighted by molar-refractivity contribution is 6.10. The van der Waals surface area contributed by atoms with Crippen LogP contribution in [0.4, 0.5) is 0 Å². The first-order chi connectivity index (χ1) is 24.7. The van der Waals surface area contributed by atoms with Gasteiger partial charge in [-0.25, -0.2) is 9.97 Å². The van der Waals surface area contributed by atoms with Crippen molar-refractivity contribution in [2.75, 3.05) is 0 Å². The van der Waals surface area contributed by atoms with Crippen LogP contribution in [0.5, 0.6) is 0 Å². The summed E-state index contributed by atoms with van der Waals surface area (Å²) in [5, 5.41) is 6.65. The van der Waals surface area contributed by atoms with Gasteiger partial charge in [0, 0.05) is 62.8 Å². The van der Waals surface area contributed by atoms with Crippen LogP contribution in [0.15, 0.2) is 164 Å². The third-order valence-electron chi connectivity index (χ3n) is 9.62. The Morgan fingerprint density at radius 2 is 1.02 bits per heavy atom. The molecule has 50 heavy (non-hydrogen) atoms. The third kappa shape index (κ3) is 4.75. The number of rotatable bonds is 4. The lowest BCUT2D eigenvalue weighted by Gasteiger charge is -2.11. The van der Waals surface area contributed by atoms with E-state index >= 15 is 0 Å². The van der Waals surface area contributed by atoms with E-state index in [1.807, 2.05) is 36.9 Å². The van der Waals surface area contributed by atoms with Gasteiger partial charge in [0.05, 0.1) is 33.5 Å². The van der Waals surface area contributed by atoms with Gasteiger partial charge in [0.15, 0.2) is 0 Å². The summed E-state index contributed by atoms with van der Waals surface area (Å²) in [6.07, 6.45) is 7.39. The van der Waals surface area contributed by atoms with Crippen molar-refractivity contribution in [3.8, 4) is 44.8 Å². The topological polar surface area (TPSA) is 64.5 Å². The van der Waals surface area contributed by atoms with Crippen molar-refractivity contribution in [3.05, 3.63) is 164 Å². The minimum absolute atomic E-state index is 0.921. The zero-order chi connectivity index (χ0) is 33.0. The summed E-state index contributed by atoms with van der Waals surface area (Å²) in [6, 6.07) is 48.9. The summed E-state index contributed by atoms with van der Waals surface area (Å²) in [5.74, 6) is 0. The Bertz CT molecular complexity index is 2930. The second kappa shape index (κ2) is 11.4. The van der Waals surface area contributed by atoms with Gasteiger partial charge in [-0.2, -0.15) is 0 Å². The fourth-order valence-electron chi connectivity index (χ4n) is 7.10. The maximum atomic E-state index is 5.05. The van der Waals surface area contributed by atoms with Gasteiger partial charge in [0.2, 0.25) is 0 Å². The molecule has 5 nitrogen and oxygen atoms in total. The minimum Gasteiger partial charge on any atom is -0.264 e. The molecule has 10 rings (SSSR count). The molecule has 5 heteroatoms. The molecule has 0 aliphatic carbocycles. The van der Waals surface area contributed by atoms with Crippen LogP contribution in [0.1, 0.15) is 0 Å². The lowest BCUT2D eigenvalue weighted by Crippen LogP contribution is -1.90. The van der Waals surface area contributed by atoms with Crippen LogP contribution in [0, 0.1) is 0 Å². The van der Waals surface area contributed by atoms with E-state index in [1.54, 1.807) is 0 Å². The molecular formula is C45H27N5. The van der Waals surface area contributed by atoms with Gasteiger partial charge in [0.1, 0.15) is 0 Å². The monoisotopic (exact) mass is 637 g/mol. The average molecular weight is 638 g/mol. The van der Waals surface area contributed by atoms with Crippen molar-refractivity contribution in [1.82, 2.24) is 24.9 Å². The van der Waals surface area contributed by atoms with E-state index in [4.69, 9.17) is 9.97 Å². The molecule has 5 aromatic heterocycles. The summed E-state index contributed by atoms with van der Waals surface area (Å²) < 4.78 is 0. The number of aromatic nitrogens is 5. The smallest absolute Gasteiger partial charge is 0.0970 e. The molecule has 0 aliphatic heterocycles. The number of fused-ring (bicyclic) bond motifs is 6. The lowest BCUT2D eigenvalue weighted by molar-refractivity contribution is 1.36. The highest BCUT2D eigenvalue weighted by atomic mass is 14.7. The van der Waals surface area contributed by atoms with Gasteiger partial charge < -0.3 is 0 Å². The molecule has 5 heterocycles. The van der Waals surface area contributed by atoms with Gasteiger partial charge in [-0.3, -0.25) is 15.0 Å². The summed E-state index contributed by atoms with van der Waals surface area (Å²) in [7, 11) is 0. The Labute approximate surface area is 287 Å². The molecule has 0 unspecified atom stereocenters. The Morgan fingerprint density at radius 1 is 0.360 bits per heavy atom. The molecule has 0 bridgehead atoms. The van der Waals surface area contributed by atoms with Crippen LogP contribution in [0.2, 0.25) is 0 Å². The van der Waals surface area contributed by atoms with Crippen LogP contribution >= 0.6 is 0 Å². The molecule has 0 saturated heterocycles. The predicted octanol–water partition coefficient (Wildman–Crippen LogP) is 11.1. The van der Waals surface area contributed by atoms with Gasteiger partial charge in [-0.1, -0.05) is 78.9 Å². The van der Waals surface area contributed by atoms with Crippen molar-refractivity contribution in [2.45, 2.75) is 0 Å². The number of hydrogen-bond donors (Lipinski definition) is 0. The van der Waals surface area contributed by atoms with E-state index in [9.17, 15) is 0 Å². The maximum Gasteiger partial charge on any atom is 0.0970 e. The number of nitrogens with zero attached hydrogens (tertiary/aromatic N) is 5. The zero-order valence-corrected chi connectivity index (χ0v) is 26.8. The van der Waals surface area contributed by atoms with E-state index in [0.717, 1.165) is 99.2 Å². The van der Waals surface area contributed by atoms with Crippen molar-refractivity contribution in [2.24, 2.45) is 0 Å². The molecule has 5 aromatic carbocycles. The standard InChI is InChI=1S/C45H27N5/c1-4-35-27-46-23-20-36(35)37(6-1)43-19-15-33-25-31(13-17-42(33)50-43)30-12-16-41-32(24-30)14-18-40(49-41)29-10-8-28(9-11-29)39-26-34-5-2-21-47-44(34)45-38(39)7-3-22-48-45/h1-27H. The molecule has 0 amide bonds. The number of hydrogen-bond acceptors (Lipinski definition) is 5. The third-order valence-corrected chi connectivity index (χ3v) is 9.62. The molecule has 0 spiro atoms. The van der Waals surface area contributed by atoms with E-state index < -0.39 is 0 Å². The Balaban J connectivity index is 0.946. The molecule has 0 fully saturated rings. The minimum atomic E-state index is 0.921. The van der Waals surface area contributed by atoms with Crippen LogP contribution in [-0.4, -0.2) is 24.9 Å². The summed E-state index contributed by atoms with van der Waals surface area (Å²) in [5.41, 5.74) is 12.5. The van der Waals surface area contributed by atoms with E-state index in [0.29, 0.717) is 0 Å². The molecule has 0 saturated carbocycles. The highest BCUT2D eigenvalue weighted by Crippen LogP contribution is 2.35. The predicted molar refractivity (Wildman–Crippen MR) is 205 cm³/mol. The second-order valence-electron chi connectivity index (χ2n) is 12.6. The molecule has 0 aliphatic rings. The fraction of sp³-hybridized carbons (Fsp3) is 0. The highest BCUT2D eigenvalue weighted by Gasteiger charge is 2.12. The first-order valence-electron chi connectivity index (χ1n) is 16.6. The largest absolute Gasteiger partial charge is 0.264 e. The molecule has 0 radical (unpaired) electrons. The van der Waals surface area contributed by atoms with E-state index in [2.05, 4.69) is 142 Å². The van der Waals surface area contributed by atoms with Gasteiger partial charge in [0.25, 0.3) is 0 Å². The Hall–Kier alpha value is -6.85. The van der Waals surface area contributed by atoms with Gasteiger partial charge in [-0.05, 0) is 88.3 Å². The molecular weight excluding hydrogens is 611 g/mol. The molecule has 0 N–H and O–H groups in total. The SMILES string of the molecule is c1cc(-c2ccc3cc(-c4ccc5nc(-c6ccc(-c7cc8cccnc8c8ncccc78)cc6)ccc5c4)ccc3n2)c2ccncc2c1. The van der Waals surface area contributed by atoms with E-state index in [1.165, 1.54) is 0 Å². The molecule has 10 aromatic rings. The quantitative estimate of drug-likeness (QED) is 0.180. The normalized spacial score (nSPS) is 11.6. The molecule has 0 atom stereocenters. The second-order valence-corrected chi connectivity index (χ2v) is 12.6. The summed E-state index contributed by atoms with van der Waals surface area (Å²) in [6.45, 7) is 0. The fourth-order valence-corrected chi connectivity index (χ4v) is 7.10. The maximum absolute atomic E-state index is 5.05. The number of benzene rings is 5. The van der Waals surface area contributed by atoms with Crippen molar-refractivity contribution >= 4 is 54.4 Å². The van der Waals surface area contributed by atoms with Gasteiger partial charge in [-0.15, -0.1) is 0 Å². The Kier molecular flexibility index (Phi) is 6.42. The van der Waals surface area contributed by atoms with E-state index in [-0.39, 0.29) is 0 Å². The van der Waals surface area contributed by atoms with Gasteiger partial charge >= 0.3 is 0 Å². The van der Waals surface area contributed by atoms with Crippen LogP contribution in [-0.2, 0) is 0 Å².